The Morgan fingerprint density at radius 1 is 0.757 bits per heavy atom. The highest BCUT2D eigenvalue weighted by Gasteiger charge is 2.30. The summed E-state index contributed by atoms with van der Waals surface area (Å²) in [6.07, 6.45) is -3.18. The number of nitrogens with zero attached hydrogens (tertiary/aromatic N) is 4. The maximum atomic E-state index is 12.9. The topological polar surface area (TPSA) is 63.8 Å². The van der Waals surface area contributed by atoms with Crippen LogP contribution in [-0.2, 0) is 6.18 Å². The van der Waals surface area contributed by atoms with Crippen molar-refractivity contribution in [2.75, 3.05) is 37.6 Å². The van der Waals surface area contributed by atoms with Crippen LogP contribution in [0.15, 0.2) is 60.7 Å². The first kappa shape index (κ1) is 23.5. The molecule has 5 aromatic rings. The molecule has 0 unspecified atom stereocenters. The average molecular weight is 505 g/mol. The Labute approximate surface area is 212 Å². The number of hydrogen-bond acceptors (Lipinski definition) is 4. The summed E-state index contributed by atoms with van der Waals surface area (Å²) in [5.41, 5.74) is 5.43. The van der Waals surface area contributed by atoms with Gasteiger partial charge in [-0.2, -0.15) is 13.2 Å². The van der Waals surface area contributed by atoms with Crippen LogP contribution >= 0.6 is 0 Å². The van der Waals surface area contributed by atoms with Gasteiger partial charge >= 0.3 is 6.18 Å². The quantitative estimate of drug-likeness (QED) is 0.294. The summed E-state index contributed by atoms with van der Waals surface area (Å²) in [7, 11) is 0. The molecule has 1 fully saturated rings. The van der Waals surface area contributed by atoms with Crippen molar-refractivity contribution in [1.82, 2.24) is 24.8 Å². The van der Waals surface area contributed by atoms with Crippen LogP contribution in [0.5, 0.6) is 0 Å². The van der Waals surface area contributed by atoms with Crippen molar-refractivity contribution in [2.45, 2.75) is 19.5 Å². The number of anilines is 1. The van der Waals surface area contributed by atoms with Crippen molar-refractivity contribution < 1.29 is 13.2 Å². The van der Waals surface area contributed by atoms with Crippen LogP contribution in [0, 0.1) is 0 Å². The Morgan fingerprint density at radius 2 is 1.35 bits per heavy atom. The van der Waals surface area contributed by atoms with Crippen molar-refractivity contribution in [1.29, 1.82) is 0 Å². The number of halogens is 3. The number of imidazole rings is 2. The lowest BCUT2D eigenvalue weighted by Gasteiger charge is -2.36. The van der Waals surface area contributed by atoms with Crippen molar-refractivity contribution >= 4 is 27.8 Å². The van der Waals surface area contributed by atoms with E-state index in [1.165, 1.54) is 24.2 Å². The number of aromatic amines is 2. The monoisotopic (exact) mass is 504 g/mol. The van der Waals surface area contributed by atoms with Gasteiger partial charge in [-0.3, -0.25) is 4.90 Å². The van der Waals surface area contributed by atoms with Crippen LogP contribution in [0.25, 0.3) is 44.8 Å². The van der Waals surface area contributed by atoms with Crippen molar-refractivity contribution in [3.8, 4) is 22.8 Å². The number of nitrogens with one attached hydrogen (secondary N) is 2. The van der Waals surface area contributed by atoms with Gasteiger partial charge in [0.15, 0.2) is 0 Å². The van der Waals surface area contributed by atoms with Gasteiger partial charge in [-0.1, -0.05) is 19.1 Å². The van der Waals surface area contributed by atoms with E-state index < -0.39 is 11.7 Å². The maximum absolute atomic E-state index is 12.9. The highest BCUT2D eigenvalue weighted by Crippen LogP contribution is 2.32. The SMILES string of the molecule is CCCN1CCN(c2ccc3nc(-c4ccc5nc(-c6ccc(C(F)(F)F)cc6)[nH]c5c4)[nH]c3c2)CC1. The molecule has 37 heavy (non-hydrogen) atoms. The van der Waals surface area contributed by atoms with E-state index in [0.717, 1.165) is 78.3 Å². The number of alkyl halides is 3. The summed E-state index contributed by atoms with van der Waals surface area (Å²) in [6, 6.07) is 17.2. The van der Waals surface area contributed by atoms with Crippen LogP contribution in [0.4, 0.5) is 18.9 Å². The lowest BCUT2D eigenvalue weighted by atomic mass is 10.1. The predicted octanol–water partition coefficient (Wildman–Crippen LogP) is 6.32. The summed E-state index contributed by atoms with van der Waals surface area (Å²) in [5, 5.41) is 0. The standard InChI is InChI=1S/C28H27F3N6/c1-2-11-36-12-14-37(15-13-36)21-8-10-23-25(17-21)35-27(33-23)19-5-9-22-24(16-19)34-26(32-22)18-3-6-20(7-4-18)28(29,30)31/h3-10,16-17H,2,11-15H2,1H3,(H,32,34)(H,33,35). The van der Waals surface area contributed by atoms with Gasteiger partial charge in [0, 0.05) is 43.0 Å². The molecule has 6 nitrogen and oxygen atoms in total. The Kier molecular flexibility index (Phi) is 5.87. The fraction of sp³-hybridized carbons (Fsp3) is 0.286. The molecule has 1 aliphatic heterocycles. The number of fused-ring (bicyclic) bond motifs is 2. The number of H-pyrrole nitrogens is 2. The molecule has 190 valence electrons. The zero-order chi connectivity index (χ0) is 25.6. The van der Waals surface area contributed by atoms with Gasteiger partial charge in [-0.05, 0) is 61.5 Å². The molecule has 0 bridgehead atoms. The first-order valence-electron chi connectivity index (χ1n) is 12.5. The first-order chi connectivity index (χ1) is 17.9. The molecule has 9 heteroatoms. The van der Waals surface area contributed by atoms with Crippen LogP contribution in [-0.4, -0.2) is 57.6 Å². The molecular formula is C28H27F3N6. The molecule has 0 spiro atoms. The van der Waals surface area contributed by atoms with E-state index in [0.29, 0.717) is 11.4 Å². The third-order valence-electron chi connectivity index (χ3n) is 6.98. The zero-order valence-corrected chi connectivity index (χ0v) is 20.4. The van der Waals surface area contributed by atoms with E-state index in [2.05, 4.69) is 49.9 Å². The number of aromatic nitrogens is 4. The van der Waals surface area contributed by atoms with Crippen molar-refractivity contribution in [2.24, 2.45) is 0 Å². The molecule has 0 amide bonds. The van der Waals surface area contributed by atoms with E-state index in [-0.39, 0.29) is 0 Å². The van der Waals surface area contributed by atoms with E-state index >= 15 is 0 Å². The van der Waals surface area contributed by atoms with Crippen molar-refractivity contribution in [3.63, 3.8) is 0 Å². The normalized spacial score (nSPS) is 15.2. The summed E-state index contributed by atoms with van der Waals surface area (Å²) < 4.78 is 38.7. The molecule has 3 aromatic carbocycles. The third-order valence-corrected chi connectivity index (χ3v) is 6.98. The van der Waals surface area contributed by atoms with Crippen LogP contribution in [0.2, 0.25) is 0 Å². The van der Waals surface area contributed by atoms with Gasteiger partial charge in [0.2, 0.25) is 0 Å². The van der Waals surface area contributed by atoms with Gasteiger partial charge in [0.25, 0.3) is 0 Å². The number of hydrogen-bond donors (Lipinski definition) is 2. The molecule has 3 heterocycles. The Morgan fingerprint density at radius 3 is 2.00 bits per heavy atom. The minimum absolute atomic E-state index is 0.522. The molecule has 0 aliphatic carbocycles. The summed E-state index contributed by atoms with van der Waals surface area (Å²) in [4.78, 5) is 21.0. The second-order valence-corrected chi connectivity index (χ2v) is 9.51. The second-order valence-electron chi connectivity index (χ2n) is 9.51. The Bertz CT molecular complexity index is 1540. The highest BCUT2D eigenvalue weighted by molar-refractivity contribution is 5.87. The number of piperazine rings is 1. The molecular weight excluding hydrogens is 477 g/mol. The first-order valence-corrected chi connectivity index (χ1v) is 12.5. The van der Waals surface area contributed by atoms with E-state index in [1.807, 2.05) is 18.2 Å². The fourth-order valence-electron chi connectivity index (χ4n) is 4.99. The molecule has 0 saturated carbocycles. The van der Waals surface area contributed by atoms with E-state index in [1.54, 1.807) is 0 Å². The molecule has 2 N–H and O–H groups in total. The van der Waals surface area contributed by atoms with E-state index in [9.17, 15) is 13.2 Å². The average Bonchev–Trinajstić information content (AvgIpc) is 3.52. The van der Waals surface area contributed by atoms with Gasteiger partial charge in [0.1, 0.15) is 11.6 Å². The second kappa shape index (κ2) is 9.23. The summed E-state index contributed by atoms with van der Waals surface area (Å²) in [6.45, 7) is 7.58. The molecule has 1 saturated heterocycles. The largest absolute Gasteiger partial charge is 0.416 e. The smallest absolute Gasteiger partial charge is 0.369 e. The lowest BCUT2D eigenvalue weighted by molar-refractivity contribution is -0.137. The summed E-state index contributed by atoms with van der Waals surface area (Å²) in [5.74, 6) is 1.28. The molecule has 6 rings (SSSR count). The van der Waals surface area contributed by atoms with Crippen LogP contribution in [0.3, 0.4) is 0 Å². The van der Waals surface area contributed by atoms with Crippen molar-refractivity contribution in [3.05, 3.63) is 66.2 Å². The number of rotatable bonds is 5. The molecule has 0 radical (unpaired) electrons. The predicted molar refractivity (Wildman–Crippen MR) is 141 cm³/mol. The summed E-state index contributed by atoms with van der Waals surface area (Å²) >= 11 is 0. The maximum Gasteiger partial charge on any atom is 0.416 e. The lowest BCUT2D eigenvalue weighted by Crippen LogP contribution is -2.46. The Hall–Kier alpha value is -3.85. The zero-order valence-electron chi connectivity index (χ0n) is 20.4. The number of benzene rings is 3. The van der Waals surface area contributed by atoms with Crippen LogP contribution in [0.1, 0.15) is 18.9 Å². The van der Waals surface area contributed by atoms with E-state index in [4.69, 9.17) is 4.98 Å². The molecule has 1 aliphatic rings. The third kappa shape index (κ3) is 4.67. The fourth-order valence-corrected chi connectivity index (χ4v) is 4.99. The minimum Gasteiger partial charge on any atom is -0.369 e. The Balaban J connectivity index is 1.24. The molecule has 2 aromatic heterocycles. The van der Waals surface area contributed by atoms with Crippen LogP contribution < -0.4 is 4.90 Å². The van der Waals surface area contributed by atoms with Gasteiger partial charge in [-0.15, -0.1) is 0 Å². The van der Waals surface area contributed by atoms with Gasteiger partial charge < -0.3 is 14.9 Å². The molecule has 0 atom stereocenters. The highest BCUT2D eigenvalue weighted by atomic mass is 19.4. The minimum atomic E-state index is -4.36. The van der Waals surface area contributed by atoms with Gasteiger partial charge in [-0.25, -0.2) is 9.97 Å². The van der Waals surface area contributed by atoms with Gasteiger partial charge in [0.05, 0.1) is 27.6 Å².